The van der Waals surface area contributed by atoms with Crippen LogP contribution in [0.3, 0.4) is 0 Å². The zero-order valence-corrected chi connectivity index (χ0v) is 9.23. The van der Waals surface area contributed by atoms with Crippen molar-refractivity contribution in [3.8, 4) is 0 Å². The molecule has 0 aliphatic carbocycles. The third-order valence-electron chi connectivity index (χ3n) is 3.14. The number of carbonyl (C=O) groups is 2. The Morgan fingerprint density at radius 2 is 2.38 bits per heavy atom. The van der Waals surface area contributed by atoms with Crippen LogP contribution in [0.4, 0.5) is 0 Å². The summed E-state index contributed by atoms with van der Waals surface area (Å²) in [6, 6.07) is -0.498. The van der Waals surface area contributed by atoms with E-state index < -0.39 is 11.6 Å². The summed E-state index contributed by atoms with van der Waals surface area (Å²) in [5.74, 6) is -0.412. The van der Waals surface area contributed by atoms with Crippen molar-refractivity contribution >= 4 is 11.8 Å². The van der Waals surface area contributed by atoms with Crippen molar-refractivity contribution in [2.75, 3.05) is 26.8 Å². The van der Waals surface area contributed by atoms with E-state index in [2.05, 4.69) is 5.32 Å². The number of imide groups is 1. The first kappa shape index (κ1) is 11.5. The summed E-state index contributed by atoms with van der Waals surface area (Å²) in [6.07, 6.45) is 0.733. The summed E-state index contributed by atoms with van der Waals surface area (Å²) in [5, 5.41) is 12.9. The van der Waals surface area contributed by atoms with E-state index in [4.69, 9.17) is 4.74 Å². The van der Waals surface area contributed by atoms with Crippen LogP contribution in [-0.4, -0.2) is 60.3 Å². The number of likely N-dealkylation sites (N-methyl/N-ethyl adjacent to an activating group) is 1. The number of hydrogen-bond acceptors (Lipinski definition) is 5. The van der Waals surface area contributed by atoms with Gasteiger partial charge in [0.15, 0.2) is 0 Å². The molecule has 2 fully saturated rings. The minimum absolute atomic E-state index is 0.173. The first-order valence-electron chi connectivity index (χ1n) is 5.36. The summed E-state index contributed by atoms with van der Waals surface area (Å²) in [4.78, 5) is 23.9. The SMILES string of the molecule is CN1C(=O)CC(NCC2(O)CCOC2)C1=O. The number of nitrogens with zero attached hydrogens (tertiary/aromatic N) is 1. The van der Waals surface area contributed by atoms with E-state index in [1.165, 1.54) is 7.05 Å². The molecule has 2 aliphatic rings. The van der Waals surface area contributed by atoms with Crippen LogP contribution in [0.15, 0.2) is 0 Å². The fourth-order valence-corrected chi connectivity index (χ4v) is 1.96. The molecule has 0 radical (unpaired) electrons. The van der Waals surface area contributed by atoms with Gasteiger partial charge in [-0.3, -0.25) is 14.5 Å². The van der Waals surface area contributed by atoms with Gasteiger partial charge in [0.1, 0.15) is 5.60 Å². The van der Waals surface area contributed by atoms with Crippen molar-refractivity contribution in [2.24, 2.45) is 0 Å². The van der Waals surface area contributed by atoms with Crippen LogP contribution >= 0.6 is 0 Å². The Balaban J connectivity index is 1.87. The highest BCUT2D eigenvalue weighted by molar-refractivity contribution is 6.05. The summed E-state index contributed by atoms with van der Waals surface area (Å²) >= 11 is 0. The summed E-state index contributed by atoms with van der Waals surface area (Å²) in [5.41, 5.74) is -0.898. The molecule has 0 aromatic carbocycles. The van der Waals surface area contributed by atoms with Crippen molar-refractivity contribution in [1.82, 2.24) is 10.2 Å². The Hall–Kier alpha value is -0.980. The molecule has 2 saturated heterocycles. The molecular formula is C10H16N2O4. The quantitative estimate of drug-likeness (QED) is 0.574. The van der Waals surface area contributed by atoms with E-state index in [0.29, 0.717) is 13.0 Å². The largest absolute Gasteiger partial charge is 0.386 e. The first-order valence-corrected chi connectivity index (χ1v) is 5.36. The fourth-order valence-electron chi connectivity index (χ4n) is 1.96. The van der Waals surface area contributed by atoms with E-state index in [0.717, 1.165) is 4.90 Å². The second-order valence-electron chi connectivity index (χ2n) is 4.46. The lowest BCUT2D eigenvalue weighted by atomic mass is 10.0. The molecule has 2 amide bonds. The number of ether oxygens (including phenoxy) is 1. The number of rotatable bonds is 3. The molecule has 0 spiro atoms. The van der Waals surface area contributed by atoms with E-state index >= 15 is 0 Å². The topological polar surface area (TPSA) is 78.9 Å². The van der Waals surface area contributed by atoms with Gasteiger partial charge in [-0.2, -0.15) is 0 Å². The van der Waals surface area contributed by atoms with Gasteiger partial charge in [-0.25, -0.2) is 0 Å². The highest BCUT2D eigenvalue weighted by atomic mass is 16.5. The zero-order chi connectivity index (χ0) is 11.8. The lowest BCUT2D eigenvalue weighted by Gasteiger charge is -2.22. The lowest BCUT2D eigenvalue weighted by Crippen LogP contribution is -2.47. The molecule has 2 N–H and O–H groups in total. The number of nitrogens with one attached hydrogen (secondary N) is 1. The van der Waals surface area contributed by atoms with Crippen LogP contribution in [0.25, 0.3) is 0 Å². The monoisotopic (exact) mass is 228 g/mol. The van der Waals surface area contributed by atoms with E-state index in [1.54, 1.807) is 0 Å². The second-order valence-corrected chi connectivity index (χ2v) is 4.46. The molecule has 16 heavy (non-hydrogen) atoms. The average Bonchev–Trinajstić information content (AvgIpc) is 2.77. The first-order chi connectivity index (χ1) is 7.52. The van der Waals surface area contributed by atoms with Gasteiger partial charge in [0.2, 0.25) is 11.8 Å². The Kier molecular flexibility index (Phi) is 2.96. The Morgan fingerprint density at radius 1 is 1.62 bits per heavy atom. The molecule has 2 heterocycles. The van der Waals surface area contributed by atoms with Gasteiger partial charge in [-0.1, -0.05) is 0 Å². The predicted octanol–water partition coefficient (Wildman–Crippen LogP) is -1.52. The van der Waals surface area contributed by atoms with Crippen molar-refractivity contribution < 1.29 is 19.4 Å². The molecule has 2 rings (SSSR count). The third-order valence-corrected chi connectivity index (χ3v) is 3.14. The lowest BCUT2D eigenvalue weighted by molar-refractivity contribution is -0.137. The molecule has 90 valence electrons. The van der Waals surface area contributed by atoms with Crippen molar-refractivity contribution in [2.45, 2.75) is 24.5 Å². The van der Waals surface area contributed by atoms with Gasteiger partial charge in [-0.15, -0.1) is 0 Å². The summed E-state index contributed by atoms with van der Waals surface area (Å²) < 4.78 is 5.09. The molecule has 0 aromatic rings. The Bertz CT molecular complexity index is 312. The molecule has 0 saturated carbocycles. The Morgan fingerprint density at radius 3 is 2.88 bits per heavy atom. The maximum absolute atomic E-state index is 11.6. The second kappa shape index (κ2) is 4.12. The minimum atomic E-state index is -0.898. The van der Waals surface area contributed by atoms with Crippen LogP contribution in [0.5, 0.6) is 0 Å². The number of aliphatic hydroxyl groups is 1. The Labute approximate surface area is 93.6 Å². The average molecular weight is 228 g/mol. The fraction of sp³-hybridized carbons (Fsp3) is 0.800. The van der Waals surface area contributed by atoms with E-state index in [9.17, 15) is 14.7 Å². The highest BCUT2D eigenvalue weighted by Gasteiger charge is 2.38. The van der Waals surface area contributed by atoms with Crippen LogP contribution in [0, 0.1) is 0 Å². The summed E-state index contributed by atoms with van der Waals surface area (Å²) in [7, 11) is 1.47. The van der Waals surface area contributed by atoms with Crippen LogP contribution in [0.1, 0.15) is 12.8 Å². The number of likely N-dealkylation sites (tertiary alicyclic amines) is 1. The molecule has 0 bridgehead atoms. The molecule has 6 nitrogen and oxygen atoms in total. The van der Waals surface area contributed by atoms with E-state index in [1.807, 2.05) is 0 Å². The normalized spacial score (nSPS) is 35.1. The van der Waals surface area contributed by atoms with Crippen LogP contribution in [-0.2, 0) is 14.3 Å². The molecule has 0 aromatic heterocycles. The molecule has 6 heteroatoms. The summed E-state index contributed by atoms with van der Waals surface area (Å²) in [6.45, 7) is 1.10. The maximum Gasteiger partial charge on any atom is 0.246 e. The predicted molar refractivity (Wildman–Crippen MR) is 54.6 cm³/mol. The zero-order valence-electron chi connectivity index (χ0n) is 9.23. The number of amides is 2. The van der Waals surface area contributed by atoms with Gasteiger partial charge >= 0.3 is 0 Å². The minimum Gasteiger partial charge on any atom is -0.386 e. The van der Waals surface area contributed by atoms with E-state index in [-0.39, 0.29) is 31.4 Å². The molecule has 2 aliphatic heterocycles. The van der Waals surface area contributed by atoms with Gasteiger partial charge in [0, 0.05) is 26.6 Å². The van der Waals surface area contributed by atoms with Crippen LogP contribution < -0.4 is 5.32 Å². The van der Waals surface area contributed by atoms with Crippen molar-refractivity contribution in [3.63, 3.8) is 0 Å². The molecular weight excluding hydrogens is 212 g/mol. The van der Waals surface area contributed by atoms with Crippen molar-refractivity contribution in [3.05, 3.63) is 0 Å². The number of hydrogen-bond donors (Lipinski definition) is 2. The molecule has 2 atom stereocenters. The van der Waals surface area contributed by atoms with Crippen LogP contribution in [0.2, 0.25) is 0 Å². The molecule has 2 unspecified atom stereocenters. The van der Waals surface area contributed by atoms with Crippen molar-refractivity contribution in [1.29, 1.82) is 0 Å². The van der Waals surface area contributed by atoms with Gasteiger partial charge in [0.25, 0.3) is 0 Å². The third kappa shape index (κ3) is 2.09. The number of carbonyl (C=O) groups excluding carboxylic acids is 2. The maximum atomic E-state index is 11.6. The highest BCUT2D eigenvalue weighted by Crippen LogP contribution is 2.18. The smallest absolute Gasteiger partial charge is 0.246 e. The van der Waals surface area contributed by atoms with Gasteiger partial charge in [0.05, 0.1) is 19.1 Å². The van der Waals surface area contributed by atoms with Gasteiger partial charge < -0.3 is 15.2 Å². The van der Waals surface area contributed by atoms with Gasteiger partial charge in [-0.05, 0) is 0 Å². The standard InChI is InChI=1S/C10H16N2O4/c1-12-8(13)4-7(9(12)14)11-5-10(15)2-3-16-6-10/h7,11,15H,2-6H2,1H3.